The lowest BCUT2D eigenvalue weighted by molar-refractivity contribution is 0.0600. The van der Waals surface area contributed by atoms with Crippen molar-refractivity contribution in [1.29, 1.82) is 5.26 Å². The minimum Gasteiger partial charge on any atom is -0.465 e. The highest BCUT2D eigenvalue weighted by Gasteiger charge is 2.09. The Morgan fingerprint density at radius 2 is 2.00 bits per heavy atom. The van der Waals surface area contributed by atoms with Gasteiger partial charge in [0.1, 0.15) is 11.9 Å². The molecule has 0 aliphatic carbocycles. The summed E-state index contributed by atoms with van der Waals surface area (Å²) in [6.07, 6.45) is 1.73. The third kappa shape index (κ3) is 3.03. The number of allylic oxidation sites excluding steroid dienone is 1. The van der Waals surface area contributed by atoms with E-state index >= 15 is 0 Å². The van der Waals surface area contributed by atoms with E-state index in [1.54, 1.807) is 30.3 Å². The lowest BCUT2D eigenvalue weighted by atomic mass is 10.1. The largest absolute Gasteiger partial charge is 0.465 e. The highest BCUT2D eigenvalue weighted by atomic mass is 16.5. The number of methoxy groups -OCH3 is 1. The topological polar surface area (TPSA) is 78.8 Å². The molecule has 0 saturated carbocycles. The summed E-state index contributed by atoms with van der Waals surface area (Å²) in [6.45, 7) is 2.00. The average molecular weight is 317 g/mol. The first-order chi connectivity index (χ1) is 11.6. The van der Waals surface area contributed by atoms with Crippen molar-refractivity contribution in [1.82, 2.24) is 9.97 Å². The number of benzene rings is 2. The number of nitrogens with one attached hydrogen (secondary N) is 1. The van der Waals surface area contributed by atoms with E-state index in [4.69, 9.17) is 0 Å². The van der Waals surface area contributed by atoms with E-state index < -0.39 is 5.97 Å². The predicted molar refractivity (Wildman–Crippen MR) is 92.1 cm³/mol. The van der Waals surface area contributed by atoms with Crippen LogP contribution in [0.4, 0.5) is 0 Å². The van der Waals surface area contributed by atoms with Gasteiger partial charge >= 0.3 is 5.97 Å². The predicted octanol–water partition coefficient (Wildman–Crippen LogP) is 3.72. The Hall–Kier alpha value is -3.39. The van der Waals surface area contributed by atoms with Crippen LogP contribution >= 0.6 is 0 Å². The summed E-state index contributed by atoms with van der Waals surface area (Å²) >= 11 is 0. The van der Waals surface area contributed by atoms with Crippen molar-refractivity contribution in [3.05, 3.63) is 65.0 Å². The van der Waals surface area contributed by atoms with Gasteiger partial charge in [-0.2, -0.15) is 5.26 Å². The molecule has 1 heterocycles. The Bertz CT molecular complexity index is 976. The highest BCUT2D eigenvalue weighted by Crippen LogP contribution is 2.20. The minimum atomic E-state index is -0.390. The zero-order valence-corrected chi connectivity index (χ0v) is 13.3. The highest BCUT2D eigenvalue weighted by molar-refractivity contribution is 5.92. The molecular weight excluding hydrogens is 302 g/mol. The molecule has 0 aliphatic rings. The fraction of sp³-hybridized carbons (Fsp3) is 0.105. The van der Waals surface area contributed by atoms with Crippen LogP contribution in [0.1, 0.15) is 27.3 Å². The fourth-order valence-electron chi connectivity index (χ4n) is 2.40. The molecule has 1 aromatic heterocycles. The van der Waals surface area contributed by atoms with E-state index in [9.17, 15) is 10.1 Å². The molecule has 0 radical (unpaired) electrons. The third-order valence-electron chi connectivity index (χ3n) is 3.66. The van der Waals surface area contributed by atoms with Gasteiger partial charge < -0.3 is 9.72 Å². The summed E-state index contributed by atoms with van der Waals surface area (Å²) in [7, 11) is 1.34. The minimum absolute atomic E-state index is 0.390. The second-order valence-corrected chi connectivity index (χ2v) is 5.39. The molecule has 5 nitrogen and oxygen atoms in total. The van der Waals surface area contributed by atoms with Gasteiger partial charge in [0.2, 0.25) is 0 Å². The molecule has 3 rings (SSSR count). The van der Waals surface area contributed by atoms with Gasteiger partial charge in [-0.05, 0) is 48.4 Å². The Morgan fingerprint density at radius 3 is 2.67 bits per heavy atom. The molecule has 0 aliphatic heterocycles. The van der Waals surface area contributed by atoms with Crippen molar-refractivity contribution in [2.24, 2.45) is 0 Å². The molecule has 2 aromatic carbocycles. The van der Waals surface area contributed by atoms with E-state index in [2.05, 4.69) is 20.8 Å². The van der Waals surface area contributed by atoms with Crippen molar-refractivity contribution in [2.75, 3.05) is 7.11 Å². The van der Waals surface area contributed by atoms with Crippen LogP contribution in [0, 0.1) is 18.3 Å². The summed E-state index contributed by atoms with van der Waals surface area (Å²) in [5.74, 6) is 0.133. The van der Waals surface area contributed by atoms with Crippen molar-refractivity contribution < 1.29 is 9.53 Å². The SMILES string of the molecule is COC(=O)c1ccc(/C=C(/C#N)c2nc3ccc(C)cc3[nH]2)cc1. The number of hydrogen-bond donors (Lipinski definition) is 1. The third-order valence-corrected chi connectivity index (χ3v) is 3.66. The van der Waals surface area contributed by atoms with E-state index in [1.165, 1.54) is 7.11 Å². The first-order valence-electron chi connectivity index (χ1n) is 7.37. The maximum Gasteiger partial charge on any atom is 0.337 e. The van der Waals surface area contributed by atoms with E-state index in [0.29, 0.717) is 17.0 Å². The van der Waals surface area contributed by atoms with Crippen LogP contribution in [0.15, 0.2) is 42.5 Å². The molecule has 0 atom stereocenters. The summed E-state index contributed by atoms with van der Waals surface area (Å²) in [5.41, 5.74) is 4.53. The van der Waals surface area contributed by atoms with E-state index in [1.807, 2.05) is 25.1 Å². The van der Waals surface area contributed by atoms with Gasteiger partial charge in [0.05, 0.1) is 29.3 Å². The second-order valence-electron chi connectivity index (χ2n) is 5.39. The van der Waals surface area contributed by atoms with Gasteiger partial charge in [-0.15, -0.1) is 0 Å². The molecule has 0 amide bonds. The van der Waals surface area contributed by atoms with Crippen LogP contribution < -0.4 is 0 Å². The molecule has 0 fully saturated rings. The van der Waals surface area contributed by atoms with Crippen LogP contribution in [-0.2, 0) is 4.74 Å². The first-order valence-corrected chi connectivity index (χ1v) is 7.37. The van der Waals surface area contributed by atoms with E-state index in [0.717, 1.165) is 22.2 Å². The Balaban J connectivity index is 1.96. The Labute approximate surface area is 139 Å². The lowest BCUT2D eigenvalue weighted by Gasteiger charge is -2.00. The fourth-order valence-corrected chi connectivity index (χ4v) is 2.40. The summed E-state index contributed by atoms with van der Waals surface area (Å²) < 4.78 is 4.67. The molecule has 1 N–H and O–H groups in total. The first kappa shape index (κ1) is 15.5. The number of H-pyrrole nitrogens is 1. The molecule has 0 bridgehead atoms. The van der Waals surface area contributed by atoms with Gasteiger partial charge in [-0.3, -0.25) is 0 Å². The molecule has 118 valence electrons. The molecule has 3 aromatic rings. The summed E-state index contributed by atoms with van der Waals surface area (Å²) in [4.78, 5) is 19.1. The van der Waals surface area contributed by atoms with Gasteiger partial charge in [-0.25, -0.2) is 9.78 Å². The number of aryl methyl sites for hydroxylation is 1. The van der Waals surface area contributed by atoms with Crippen LogP contribution in [-0.4, -0.2) is 23.0 Å². The van der Waals surface area contributed by atoms with Crippen molar-refractivity contribution in [3.8, 4) is 6.07 Å². The summed E-state index contributed by atoms with van der Waals surface area (Å²) in [5, 5.41) is 9.45. The molecule has 5 heteroatoms. The molecule has 0 spiro atoms. The van der Waals surface area contributed by atoms with Gasteiger partial charge in [0.25, 0.3) is 0 Å². The van der Waals surface area contributed by atoms with E-state index in [-0.39, 0.29) is 0 Å². The van der Waals surface area contributed by atoms with Crippen molar-refractivity contribution >= 4 is 28.7 Å². The second kappa shape index (κ2) is 6.39. The summed E-state index contributed by atoms with van der Waals surface area (Å²) in [6, 6.07) is 14.9. The van der Waals surface area contributed by atoms with Gasteiger partial charge in [0, 0.05) is 0 Å². The number of rotatable bonds is 3. The maximum atomic E-state index is 11.4. The Morgan fingerprint density at radius 1 is 1.25 bits per heavy atom. The van der Waals surface area contributed by atoms with Crippen LogP contribution in [0.2, 0.25) is 0 Å². The average Bonchev–Trinajstić information content (AvgIpc) is 3.02. The van der Waals surface area contributed by atoms with Crippen LogP contribution in [0.5, 0.6) is 0 Å². The quantitative estimate of drug-likeness (QED) is 0.590. The lowest BCUT2D eigenvalue weighted by Crippen LogP contribution is -2.00. The number of aromatic amines is 1. The van der Waals surface area contributed by atoms with Crippen LogP contribution in [0.25, 0.3) is 22.7 Å². The van der Waals surface area contributed by atoms with Gasteiger partial charge in [0.15, 0.2) is 0 Å². The maximum absolute atomic E-state index is 11.4. The number of carbonyl (C=O) groups excluding carboxylic acids is 1. The number of nitriles is 1. The number of imidazole rings is 1. The monoisotopic (exact) mass is 317 g/mol. The number of fused-ring (bicyclic) bond motifs is 1. The van der Waals surface area contributed by atoms with Gasteiger partial charge in [-0.1, -0.05) is 18.2 Å². The van der Waals surface area contributed by atoms with Crippen molar-refractivity contribution in [2.45, 2.75) is 6.92 Å². The number of aromatic nitrogens is 2. The normalized spacial score (nSPS) is 11.3. The van der Waals surface area contributed by atoms with Crippen molar-refractivity contribution in [3.63, 3.8) is 0 Å². The molecule has 24 heavy (non-hydrogen) atoms. The Kier molecular flexibility index (Phi) is 4.13. The number of carbonyl (C=O) groups is 1. The standard InChI is InChI=1S/C19H15N3O2/c1-12-3-8-16-17(9-12)22-18(21-16)15(11-20)10-13-4-6-14(7-5-13)19(23)24-2/h3-10H,1-2H3,(H,21,22)/b15-10-. The number of nitrogens with zero attached hydrogens (tertiary/aromatic N) is 2. The number of esters is 1. The zero-order chi connectivity index (χ0) is 17.1. The molecule has 0 unspecified atom stereocenters. The van der Waals surface area contributed by atoms with Crippen LogP contribution in [0.3, 0.4) is 0 Å². The smallest absolute Gasteiger partial charge is 0.337 e. The number of ether oxygens (including phenoxy) is 1. The zero-order valence-electron chi connectivity index (χ0n) is 13.3. The molecule has 0 saturated heterocycles. The number of hydrogen-bond acceptors (Lipinski definition) is 4. The molecular formula is C19H15N3O2.